The predicted molar refractivity (Wildman–Crippen MR) is 113 cm³/mol. The van der Waals surface area contributed by atoms with E-state index in [-0.39, 0.29) is 17.3 Å². The molecule has 0 spiro atoms. The summed E-state index contributed by atoms with van der Waals surface area (Å²) in [6, 6.07) is 3.48. The van der Waals surface area contributed by atoms with Crippen LogP contribution in [0.15, 0.2) is 30.6 Å². The maximum atomic E-state index is 15.6. The number of hydrogen-bond donors (Lipinski definition) is 1. The summed E-state index contributed by atoms with van der Waals surface area (Å²) >= 11 is 0. The summed E-state index contributed by atoms with van der Waals surface area (Å²) in [6.45, 7) is 2.50. The molecule has 1 aliphatic heterocycles. The fourth-order valence-corrected chi connectivity index (χ4v) is 3.86. The van der Waals surface area contributed by atoms with Crippen LogP contribution in [-0.2, 0) is 11.8 Å². The number of nitrogens with one attached hydrogen (secondary N) is 1. The van der Waals surface area contributed by atoms with E-state index in [0.29, 0.717) is 36.2 Å². The Morgan fingerprint density at radius 1 is 1.23 bits per heavy atom. The van der Waals surface area contributed by atoms with Gasteiger partial charge in [0.2, 0.25) is 5.91 Å². The first-order valence-corrected chi connectivity index (χ1v) is 9.77. The van der Waals surface area contributed by atoms with Crippen molar-refractivity contribution in [2.24, 2.45) is 7.05 Å². The molecule has 4 rings (SSSR count). The average molecular weight is 409 g/mol. The molecule has 0 unspecified atom stereocenters. The van der Waals surface area contributed by atoms with E-state index in [0.717, 1.165) is 16.7 Å². The molecule has 156 valence electrons. The minimum atomic E-state index is -0.424. The molecule has 0 fully saturated rings. The Kier molecular flexibility index (Phi) is 4.93. The quantitative estimate of drug-likeness (QED) is 0.723. The molecule has 3 heterocycles. The molecule has 1 N–H and O–H groups in total. The van der Waals surface area contributed by atoms with Gasteiger partial charge in [-0.3, -0.25) is 14.3 Å². The van der Waals surface area contributed by atoms with Crippen molar-refractivity contribution in [1.82, 2.24) is 24.6 Å². The van der Waals surface area contributed by atoms with Crippen LogP contribution in [0.1, 0.15) is 29.4 Å². The molecule has 0 aliphatic carbocycles. The minimum absolute atomic E-state index is 0.0340. The molecule has 0 bridgehead atoms. The Labute approximate surface area is 173 Å². The van der Waals surface area contributed by atoms with Gasteiger partial charge in [-0.05, 0) is 29.7 Å². The number of aromatic nitrogens is 3. The molecular weight excluding hydrogens is 385 g/mol. The number of rotatable bonds is 3. The molecule has 8 heteroatoms. The first-order valence-electron chi connectivity index (χ1n) is 9.77. The van der Waals surface area contributed by atoms with E-state index in [2.05, 4.69) is 10.1 Å². The van der Waals surface area contributed by atoms with Crippen molar-refractivity contribution in [3.63, 3.8) is 0 Å². The number of amides is 2. The Balaban J connectivity index is 1.93. The molecule has 30 heavy (non-hydrogen) atoms. The molecule has 0 radical (unpaired) electrons. The molecular formula is C22H24FN5O2. The van der Waals surface area contributed by atoms with Gasteiger partial charge in [0.25, 0.3) is 5.91 Å². The van der Waals surface area contributed by atoms with E-state index < -0.39 is 5.82 Å². The number of benzene rings is 1. The van der Waals surface area contributed by atoms with Gasteiger partial charge >= 0.3 is 0 Å². The van der Waals surface area contributed by atoms with E-state index in [4.69, 9.17) is 0 Å². The van der Waals surface area contributed by atoms with Crippen LogP contribution in [-0.4, -0.2) is 63.6 Å². The predicted octanol–water partition coefficient (Wildman–Crippen LogP) is 3.04. The zero-order valence-corrected chi connectivity index (χ0v) is 17.5. The van der Waals surface area contributed by atoms with Crippen molar-refractivity contribution in [1.29, 1.82) is 0 Å². The van der Waals surface area contributed by atoms with Gasteiger partial charge < -0.3 is 14.8 Å². The lowest BCUT2D eigenvalue weighted by Crippen LogP contribution is -2.33. The van der Waals surface area contributed by atoms with Crippen LogP contribution in [0.25, 0.3) is 27.6 Å². The van der Waals surface area contributed by atoms with Gasteiger partial charge in [0.05, 0.1) is 11.7 Å². The van der Waals surface area contributed by atoms with Crippen molar-refractivity contribution < 1.29 is 14.0 Å². The summed E-state index contributed by atoms with van der Waals surface area (Å²) in [7, 11) is 5.12. The van der Waals surface area contributed by atoms with E-state index in [1.165, 1.54) is 11.8 Å². The first-order chi connectivity index (χ1) is 14.3. The Bertz CT molecular complexity index is 1190. The molecule has 0 saturated carbocycles. The molecule has 3 aromatic rings. The van der Waals surface area contributed by atoms with Crippen LogP contribution >= 0.6 is 0 Å². The number of aromatic amines is 1. The third-order valence-electron chi connectivity index (χ3n) is 5.45. The van der Waals surface area contributed by atoms with Crippen LogP contribution in [0.3, 0.4) is 0 Å². The third-order valence-corrected chi connectivity index (χ3v) is 5.45. The number of aryl methyl sites for hydroxylation is 1. The van der Waals surface area contributed by atoms with Gasteiger partial charge in [-0.2, -0.15) is 5.10 Å². The van der Waals surface area contributed by atoms with Gasteiger partial charge in [-0.1, -0.05) is 6.08 Å². The number of carbonyl (C=O) groups excluding carboxylic acids is 2. The van der Waals surface area contributed by atoms with Crippen LogP contribution in [0, 0.1) is 5.82 Å². The lowest BCUT2D eigenvalue weighted by Gasteiger charge is -2.27. The number of H-pyrrole nitrogens is 1. The van der Waals surface area contributed by atoms with Crippen LogP contribution in [0.5, 0.6) is 0 Å². The highest BCUT2D eigenvalue weighted by atomic mass is 19.1. The largest absolute Gasteiger partial charge is 0.348 e. The van der Waals surface area contributed by atoms with Crippen molar-refractivity contribution in [3.05, 3.63) is 47.7 Å². The molecule has 1 aliphatic rings. The van der Waals surface area contributed by atoms with Crippen LogP contribution < -0.4 is 0 Å². The molecule has 2 amide bonds. The maximum absolute atomic E-state index is 15.6. The van der Waals surface area contributed by atoms with Crippen LogP contribution in [0.2, 0.25) is 0 Å². The Morgan fingerprint density at radius 3 is 2.63 bits per heavy atom. The number of halogens is 1. The minimum Gasteiger partial charge on any atom is -0.348 e. The summed E-state index contributed by atoms with van der Waals surface area (Å²) in [6.07, 6.45) is 6.22. The lowest BCUT2D eigenvalue weighted by molar-refractivity contribution is -0.128. The highest BCUT2D eigenvalue weighted by Gasteiger charge is 2.24. The molecule has 0 atom stereocenters. The number of nitrogens with zero attached hydrogens (tertiary/aromatic N) is 4. The summed E-state index contributed by atoms with van der Waals surface area (Å²) in [4.78, 5) is 30.5. The fraction of sp³-hybridized carbons (Fsp3) is 0.318. The second-order valence-electron chi connectivity index (χ2n) is 7.82. The lowest BCUT2D eigenvalue weighted by atomic mass is 9.94. The second kappa shape index (κ2) is 7.44. The normalized spacial score (nSPS) is 14.2. The van der Waals surface area contributed by atoms with E-state index in [9.17, 15) is 9.59 Å². The van der Waals surface area contributed by atoms with Crippen molar-refractivity contribution in [3.8, 4) is 11.1 Å². The third kappa shape index (κ3) is 3.38. The maximum Gasteiger partial charge on any atom is 0.269 e. The summed E-state index contributed by atoms with van der Waals surface area (Å²) in [5.41, 5.74) is 3.39. The van der Waals surface area contributed by atoms with E-state index in [1.807, 2.05) is 19.3 Å². The number of carbonyl (C=O) groups is 2. The molecule has 1 aromatic carbocycles. The summed E-state index contributed by atoms with van der Waals surface area (Å²) < 4.78 is 17.3. The highest BCUT2D eigenvalue weighted by Crippen LogP contribution is 2.36. The van der Waals surface area contributed by atoms with Gasteiger partial charge in [0.1, 0.15) is 5.69 Å². The van der Waals surface area contributed by atoms with Crippen molar-refractivity contribution in [2.75, 3.05) is 27.2 Å². The highest BCUT2D eigenvalue weighted by molar-refractivity contribution is 6.04. The van der Waals surface area contributed by atoms with E-state index >= 15 is 4.39 Å². The standard InChI is InChI=1S/C22H24FN5O2/c1-13(29)28-7-5-6-14(12-28)17-8-16(15-10-24-27(4)11-15)18-9-19(22(30)26(2)3)25-21(18)20(17)23/h6,8-11,25H,5,7,12H2,1-4H3. The van der Waals surface area contributed by atoms with Gasteiger partial charge in [0, 0.05) is 63.9 Å². The summed E-state index contributed by atoms with van der Waals surface area (Å²) in [5, 5.41) is 4.86. The van der Waals surface area contributed by atoms with Gasteiger partial charge in [-0.25, -0.2) is 4.39 Å². The summed E-state index contributed by atoms with van der Waals surface area (Å²) in [5.74, 6) is -0.690. The topological polar surface area (TPSA) is 74.2 Å². The zero-order valence-electron chi connectivity index (χ0n) is 17.5. The zero-order chi connectivity index (χ0) is 21.6. The first kappa shape index (κ1) is 19.9. The van der Waals surface area contributed by atoms with Gasteiger partial charge in [-0.15, -0.1) is 0 Å². The Hall–Kier alpha value is -3.42. The monoisotopic (exact) mass is 409 g/mol. The SMILES string of the molecule is CC(=O)N1CCC=C(c2cc(-c3cnn(C)c3)c3cc(C(=O)N(C)C)[nH]c3c2F)C1. The second-order valence-corrected chi connectivity index (χ2v) is 7.82. The van der Waals surface area contributed by atoms with E-state index in [1.54, 1.807) is 42.0 Å². The number of hydrogen-bond acceptors (Lipinski definition) is 3. The number of fused-ring (bicyclic) bond motifs is 1. The molecule has 2 aromatic heterocycles. The van der Waals surface area contributed by atoms with Crippen LogP contribution in [0.4, 0.5) is 4.39 Å². The smallest absolute Gasteiger partial charge is 0.269 e. The molecule has 0 saturated heterocycles. The molecule has 7 nitrogen and oxygen atoms in total. The Morgan fingerprint density at radius 2 is 2.00 bits per heavy atom. The van der Waals surface area contributed by atoms with Gasteiger partial charge in [0.15, 0.2) is 5.82 Å². The fourth-order valence-electron chi connectivity index (χ4n) is 3.86. The average Bonchev–Trinajstić information content (AvgIpc) is 3.35. The van der Waals surface area contributed by atoms with Crippen molar-refractivity contribution >= 4 is 28.3 Å². The van der Waals surface area contributed by atoms with Crippen molar-refractivity contribution in [2.45, 2.75) is 13.3 Å².